The van der Waals surface area contributed by atoms with E-state index in [4.69, 9.17) is 0 Å². The summed E-state index contributed by atoms with van der Waals surface area (Å²) in [7, 11) is 0. The van der Waals surface area contributed by atoms with Crippen molar-refractivity contribution in [2.75, 3.05) is 19.6 Å². The molecule has 1 fully saturated rings. The maximum absolute atomic E-state index is 3.86. The molecule has 1 N–H and O–H groups in total. The van der Waals surface area contributed by atoms with E-state index >= 15 is 0 Å². The summed E-state index contributed by atoms with van der Waals surface area (Å²) in [6.07, 6.45) is 14.8. The van der Waals surface area contributed by atoms with E-state index in [9.17, 15) is 0 Å². The van der Waals surface area contributed by atoms with Crippen LogP contribution in [0.15, 0.2) is 11.6 Å². The predicted molar refractivity (Wildman–Crippen MR) is 92.8 cm³/mol. The summed E-state index contributed by atoms with van der Waals surface area (Å²) in [5.41, 5.74) is 1.99. The van der Waals surface area contributed by atoms with Crippen LogP contribution in [-0.4, -0.2) is 36.1 Å². The first kappa shape index (κ1) is 17.0. The number of rotatable bonds is 6. The molecule has 2 heteroatoms. The molecule has 1 saturated heterocycles. The first-order chi connectivity index (χ1) is 10.2. The summed E-state index contributed by atoms with van der Waals surface area (Å²) in [4.78, 5) is 2.76. The minimum absolute atomic E-state index is 0.289. The number of likely N-dealkylation sites (tertiary alicyclic amines) is 1. The lowest BCUT2D eigenvalue weighted by Crippen LogP contribution is -2.59. The van der Waals surface area contributed by atoms with Gasteiger partial charge in [-0.15, -0.1) is 0 Å². The Morgan fingerprint density at radius 1 is 1.10 bits per heavy atom. The molecule has 122 valence electrons. The van der Waals surface area contributed by atoms with Gasteiger partial charge < -0.3 is 5.32 Å². The van der Waals surface area contributed by atoms with Gasteiger partial charge in [-0.25, -0.2) is 0 Å². The summed E-state index contributed by atoms with van der Waals surface area (Å²) in [5.74, 6) is 0. The number of nitrogens with one attached hydrogen (secondary N) is 1. The Balaban J connectivity index is 2.21. The molecule has 1 heterocycles. The Kier molecular flexibility index (Phi) is 6.75. The number of allylic oxidation sites excluding steroid dienone is 1. The lowest BCUT2D eigenvalue weighted by atomic mass is 9.80. The van der Waals surface area contributed by atoms with Gasteiger partial charge in [0.05, 0.1) is 0 Å². The van der Waals surface area contributed by atoms with Gasteiger partial charge in [-0.3, -0.25) is 4.90 Å². The molecule has 0 bridgehead atoms. The van der Waals surface area contributed by atoms with E-state index in [1.807, 2.05) is 0 Å². The molecule has 0 saturated carbocycles. The molecule has 0 radical (unpaired) electrons. The molecule has 0 spiro atoms. The van der Waals surface area contributed by atoms with E-state index in [1.165, 1.54) is 70.9 Å². The lowest BCUT2D eigenvalue weighted by Gasteiger charge is -2.46. The lowest BCUT2D eigenvalue weighted by molar-refractivity contribution is 0.0965. The second-order valence-electron chi connectivity index (χ2n) is 7.13. The number of hydrogen-bond donors (Lipinski definition) is 1. The fraction of sp³-hybridized carbons (Fsp3) is 0.895. The van der Waals surface area contributed by atoms with Gasteiger partial charge in [0.25, 0.3) is 0 Å². The molecule has 0 aromatic rings. The number of hydrogen-bond acceptors (Lipinski definition) is 2. The standard InChI is InChI=1S/C19H36N2/c1-4-19(3,21-15-11-12-16-21)18(20-5-2)17-13-9-7-6-8-10-14-17/h13,18,20H,4-12,14-16H2,1-3H3. The van der Waals surface area contributed by atoms with Crippen molar-refractivity contribution in [2.45, 2.75) is 90.1 Å². The van der Waals surface area contributed by atoms with E-state index in [-0.39, 0.29) is 5.54 Å². The largest absolute Gasteiger partial charge is 0.309 e. The zero-order valence-electron chi connectivity index (χ0n) is 14.6. The molecule has 2 nitrogen and oxygen atoms in total. The van der Waals surface area contributed by atoms with Gasteiger partial charge >= 0.3 is 0 Å². The summed E-state index contributed by atoms with van der Waals surface area (Å²) in [5, 5.41) is 3.86. The normalized spacial score (nSPS) is 25.8. The zero-order chi connectivity index (χ0) is 15.1. The van der Waals surface area contributed by atoms with Crippen molar-refractivity contribution >= 4 is 0 Å². The summed E-state index contributed by atoms with van der Waals surface area (Å²) < 4.78 is 0. The monoisotopic (exact) mass is 292 g/mol. The molecule has 2 rings (SSSR count). The van der Waals surface area contributed by atoms with E-state index in [1.54, 1.807) is 5.57 Å². The first-order valence-corrected chi connectivity index (χ1v) is 9.39. The van der Waals surface area contributed by atoms with Crippen molar-refractivity contribution in [3.8, 4) is 0 Å². The highest BCUT2D eigenvalue weighted by molar-refractivity contribution is 5.20. The fourth-order valence-electron chi connectivity index (χ4n) is 4.27. The Morgan fingerprint density at radius 3 is 2.48 bits per heavy atom. The third kappa shape index (κ3) is 4.10. The third-order valence-electron chi connectivity index (χ3n) is 5.77. The third-order valence-corrected chi connectivity index (χ3v) is 5.77. The van der Waals surface area contributed by atoms with Crippen molar-refractivity contribution in [1.29, 1.82) is 0 Å². The van der Waals surface area contributed by atoms with Gasteiger partial charge in [-0.05, 0) is 71.5 Å². The topological polar surface area (TPSA) is 15.3 Å². The zero-order valence-corrected chi connectivity index (χ0v) is 14.6. The van der Waals surface area contributed by atoms with E-state index in [0.29, 0.717) is 6.04 Å². The van der Waals surface area contributed by atoms with Crippen LogP contribution in [0, 0.1) is 0 Å². The molecule has 2 unspecified atom stereocenters. The summed E-state index contributed by atoms with van der Waals surface area (Å²) in [6, 6.07) is 0.545. The minimum Gasteiger partial charge on any atom is -0.309 e. The Bertz CT molecular complexity index is 330. The molecule has 0 amide bonds. The minimum atomic E-state index is 0.289. The van der Waals surface area contributed by atoms with E-state index < -0.39 is 0 Å². The van der Waals surface area contributed by atoms with Crippen molar-refractivity contribution in [1.82, 2.24) is 10.2 Å². The predicted octanol–water partition coefficient (Wildman–Crippen LogP) is 4.51. The van der Waals surface area contributed by atoms with Crippen molar-refractivity contribution in [3.63, 3.8) is 0 Å². The van der Waals surface area contributed by atoms with Gasteiger partial charge in [0.2, 0.25) is 0 Å². The van der Waals surface area contributed by atoms with Crippen LogP contribution >= 0.6 is 0 Å². The maximum Gasteiger partial charge on any atom is 0.0463 e. The first-order valence-electron chi connectivity index (χ1n) is 9.39. The summed E-state index contributed by atoms with van der Waals surface area (Å²) in [6.45, 7) is 10.8. The van der Waals surface area contributed by atoms with Crippen LogP contribution in [0.5, 0.6) is 0 Å². The molecule has 0 aromatic heterocycles. The van der Waals surface area contributed by atoms with Gasteiger partial charge in [-0.1, -0.05) is 38.3 Å². The van der Waals surface area contributed by atoms with E-state index in [2.05, 4.69) is 37.1 Å². The van der Waals surface area contributed by atoms with Crippen LogP contribution in [-0.2, 0) is 0 Å². The van der Waals surface area contributed by atoms with Gasteiger partial charge in [0.1, 0.15) is 0 Å². The molecule has 2 aliphatic rings. The highest BCUT2D eigenvalue weighted by atomic mass is 15.2. The van der Waals surface area contributed by atoms with Crippen molar-refractivity contribution in [3.05, 3.63) is 11.6 Å². The molecule has 1 aliphatic heterocycles. The van der Waals surface area contributed by atoms with Gasteiger partial charge in [-0.2, -0.15) is 0 Å². The number of nitrogens with zero attached hydrogens (tertiary/aromatic N) is 1. The van der Waals surface area contributed by atoms with Crippen LogP contribution in [0.25, 0.3) is 0 Å². The average Bonchev–Trinajstić information content (AvgIpc) is 2.99. The van der Waals surface area contributed by atoms with Crippen molar-refractivity contribution < 1.29 is 0 Å². The molecular weight excluding hydrogens is 256 g/mol. The van der Waals surface area contributed by atoms with Crippen LogP contribution in [0.2, 0.25) is 0 Å². The van der Waals surface area contributed by atoms with Crippen molar-refractivity contribution in [2.24, 2.45) is 0 Å². The van der Waals surface area contributed by atoms with Crippen LogP contribution in [0.4, 0.5) is 0 Å². The quantitative estimate of drug-likeness (QED) is 0.725. The van der Waals surface area contributed by atoms with E-state index in [0.717, 1.165) is 6.54 Å². The Hall–Kier alpha value is -0.340. The summed E-state index contributed by atoms with van der Waals surface area (Å²) >= 11 is 0. The molecule has 2 atom stereocenters. The average molecular weight is 293 g/mol. The molecule has 1 aliphatic carbocycles. The molecular formula is C19H36N2. The Morgan fingerprint density at radius 2 is 1.81 bits per heavy atom. The Labute approximate surface area is 132 Å². The van der Waals surface area contributed by atoms with Gasteiger partial charge in [0, 0.05) is 11.6 Å². The second-order valence-corrected chi connectivity index (χ2v) is 7.13. The fourth-order valence-corrected chi connectivity index (χ4v) is 4.27. The van der Waals surface area contributed by atoms with Crippen LogP contribution < -0.4 is 5.32 Å². The smallest absolute Gasteiger partial charge is 0.0463 e. The molecule has 21 heavy (non-hydrogen) atoms. The maximum atomic E-state index is 3.86. The highest BCUT2D eigenvalue weighted by Gasteiger charge is 2.40. The van der Waals surface area contributed by atoms with Crippen LogP contribution in [0.1, 0.15) is 78.6 Å². The highest BCUT2D eigenvalue weighted by Crippen LogP contribution is 2.34. The van der Waals surface area contributed by atoms with Gasteiger partial charge in [0.15, 0.2) is 0 Å². The number of likely N-dealkylation sites (N-methyl/N-ethyl adjacent to an activating group) is 1. The molecule has 0 aromatic carbocycles. The van der Waals surface area contributed by atoms with Crippen LogP contribution in [0.3, 0.4) is 0 Å². The SMILES string of the molecule is CCNC(C1=CCCCCCC1)C(C)(CC)N1CCCC1. The second kappa shape index (κ2) is 8.33.